The number of aromatic nitrogens is 3. The number of amides is 1. The number of likely N-dealkylation sites (tertiary alicyclic amines) is 1. The summed E-state index contributed by atoms with van der Waals surface area (Å²) in [6, 6.07) is 8.21. The molecule has 2 aliphatic carbocycles. The van der Waals surface area contributed by atoms with Crippen molar-refractivity contribution in [3.63, 3.8) is 0 Å². The van der Waals surface area contributed by atoms with E-state index in [0.717, 1.165) is 55.9 Å². The van der Waals surface area contributed by atoms with Gasteiger partial charge in [-0.15, -0.1) is 10.2 Å². The lowest BCUT2D eigenvalue weighted by Crippen LogP contribution is -2.48. The average Bonchev–Trinajstić information content (AvgIpc) is 3.37. The number of benzene rings is 1. The molecule has 6 heteroatoms. The SMILES string of the molecule is COc1ccc(C2(C(=O)N3CC(c4nncn4C)C4(CCC4)C3)CCCCC2)cc1. The van der Waals surface area contributed by atoms with Gasteiger partial charge in [0.25, 0.3) is 0 Å². The van der Waals surface area contributed by atoms with Crippen LogP contribution in [0.1, 0.15) is 68.7 Å². The van der Waals surface area contributed by atoms with Gasteiger partial charge in [0.15, 0.2) is 0 Å². The van der Waals surface area contributed by atoms with E-state index in [1.165, 1.54) is 25.7 Å². The van der Waals surface area contributed by atoms with Crippen LogP contribution in [0.4, 0.5) is 0 Å². The van der Waals surface area contributed by atoms with E-state index in [9.17, 15) is 4.79 Å². The van der Waals surface area contributed by atoms with Gasteiger partial charge in [-0.2, -0.15) is 0 Å². The van der Waals surface area contributed by atoms with Crippen molar-refractivity contribution >= 4 is 5.91 Å². The fourth-order valence-corrected chi connectivity index (χ4v) is 6.22. The summed E-state index contributed by atoms with van der Waals surface area (Å²) in [6.07, 6.45) is 10.7. The monoisotopic (exact) mass is 408 g/mol. The summed E-state index contributed by atoms with van der Waals surface area (Å²) in [4.78, 5) is 16.3. The highest BCUT2D eigenvalue weighted by atomic mass is 16.5. The van der Waals surface area contributed by atoms with Crippen LogP contribution in [-0.4, -0.2) is 45.8 Å². The first-order valence-corrected chi connectivity index (χ1v) is 11.4. The van der Waals surface area contributed by atoms with Crippen LogP contribution in [0.2, 0.25) is 0 Å². The Balaban J connectivity index is 1.47. The van der Waals surface area contributed by atoms with Crippen molar-refractivity contribution in [2.75, 3.05) is 20.2 Å². The van der Waals surface area contributed by atoms with Crippen molar-refractivity contribution in [1.82, 2.24) is 19.7 Å². The molecule has 1 aromatic heterocycles. The Morgan fingerprint density at radius 1 is 1.07 bits per heavy atom. The molecular formula is C24H32N4O2. The molecule has 5 rings (SSSR count). The van der Waals surface area contributed by atoms with Crippen LogP contribution in [0, 0.1) is 5.41 Å². The Morgan fingerprint density at radius 2 is 1.80 bits per heavy atom. The van der Waals surface area contributed by atoms with E-state index >= 15 is 0 Å². The number of hydrogen-bond donors (Lipinski definition) is 0. The standard InChI is InChI=1S/C24H32N4O2/c1-27-17-25-26-21(27)20-15-28(16-23(20)11-6-12-23)22(29)24(13-4-3-5-14-24)18-7-9-19(30-2)10-8-18/h7-10,17,20H,3-6,11-16H2,1-2H3. The van der Waals surface area contributed by atoms with Gasteiger partial charge in [0.2, 0.25) is 5.91 Å². The Morgan fingerprint density at radius 3 is 2.37 bits per heavy atom. The fraction of sp³-hybridized carbons (Fsp3) is 0.625. The van der Waals surface area contributed by atoms with Gasteiger partial charge >= 0.3 is 0 Å². The van der Waals surface area contributed by atoms with Gasteiger partial charge in [0.1, 0.15) is 17.9 Å². The molecule has 160 valence electrons. The lowest BCUT2D eigenvalue weighted by atomic mass is 9.62. The molecule has 2 heterocycles. The number of aryl methyl sites for hydroxylation is 1. The number of rotatable bonds is 4. The average molecular weight is 409 g/mol. The molecule has 6 nitrogen and oxygen atoms in total. The predicted octanol–water partition coefficient (Wildman–Crippen LogP) is 3.82. The maximum atomic E-state index is 14.2. The van der Waals surface area contributed by atoms with Gasteiger partial charge in [-0.05, 0) is 48.8 Å². The molecule has 1 amide bonds. The van der Waals surface area contributed by atoms with Gasteiger partial charge in [0.05, 0.1) is 12.5 Å². The van der Waals surface area contributed by atoms with Crippen LogP contribution < -0.4 is 4.74 Å². The predicted molar refractivity (Wildman–Crippen MR) is 114 cm³/mol. The minimum atomic E-state index is -0.399. The van der Waals surface area contributed by atoms with Gasteiger partial charge < -0.3 is 14.2 Å². The topological polar surface area (TPSA) is 60.2 Å². The molecule has 1 unspecified atom stereocenters. The van der Waals surface area contributed by atoms with Crippen LogP contribution in [0.5, 0.6) is 5.75 Å². The molecule has 1 aliphatic heterocycles. The number of hydrogen-bond acceptors (Lipinski definition) is 4. The molecule has 0 N–H and O–H groups in total. The maximum Gasteiger partial charge on any atom is 0.233 e. The number of carbonyl (C=O) groups is 1. The summed E-state index contributed by atoms with van der Waals surface area (Å²) in [5.41, 5.74) is 0.939. The molecule has 0 radical (unpaired) electrons. The van der Waals surface area contributed by atoms with E-state index in [2.05, 4.69) is 27.2 Å². The summed E-state index contributed by atoms with van der Waals surface area (Å²) in [7, 11) is 3.71. The third kappa shape index (κ3) is 2.95. The van der Waals surface area contributed by atoms with E-state index in [1.54, 1.807) is 13.4 Å². The summed E-state index contributed by atoms with van der Waals surface area (Å²) >= 11 is 0. The summed E-state index contributed by atoms with van der Waals surface area (Å²) < 4.78 is 7.40. The van der Waals surface area contributed by atoms with E-state index in [-0.39, 0.29) is 5.41 Å². The second kappa shape index (κ2) is 7.40. The number of nitrogens with zero attached hydrogens (tertiary/aromatic N) is 4. The van der Waals surface area contributed by atoms with E-state index in [1.807, 2.05) is 23.7 Å². The molecule has 30 heavy (non-hydrogen) atoms. The third-order valence-electron chi connectivity index (χ3n) is 8.10. The Labute approximate surface area is 178 Å². The summed E-state index contributed by atoms with van der Waals surface area (Å²) in [5.74, 6) is 2.49. The zero-order chi connectivity index (χ0) is 20.8. The van der Waals surface area contributed by atoms with E-state index < -0.39 is 5.41 Å². The first kappa shape index (κ1) is 19.6. The van der Waals surface area contributed by atoms with Crippen molar-refractivity contribution in [2.24, 2.45) is 12.5 Å². The smallest absolute Gasteiger partial charge is 0.233 e. The summed E-state index contributed by atoms with van der Waals surface area (Å²) in [6.45, 7) is 1.63. The molecule has 1 aromatic carbocycles. The Kier molecular flexibility index (Phi) is 4.83. The molecule has 3 fully saturated rings. The molecule has 1 atom stereocenters. The highest BCUT2D eigenvalue weighted by Crippen LogP contribution is 2.56. The van der Waals surface area contributed by atoms with E-state index in [0.29, 0.717) is 11.8 Å². The molecule has 1 saturated heterocycles. The van der Waals surface area contributed by atoms with Gasteiger partial charge in [0, 0.05) is 26.1 Å². The van der Waals surface area contributed by atoms with Crippen LogP contribution in [0.15, 0.2) is 30.6 Å². The molecule has 0 bridgehead atoms. The zero-order valence-electron chi connectivity index (χ0n) is 18.1. The molecule has 2 aromatic rings. The largest absolute Gasteiger partial charge is 0.497 e. The second-order valence-electron chi connectivity index (χ2n) is 9.63. The van der Waals surface area contributed by atoms with Crippen molar-refractivity contribution < 1.29 is 9.53 Å². The zero-order valence-corrected chi connectivity index (χ0v) is 18.1. The fourth-order valence-electron chi connectivity index (χ4n) is 6.22. The van der Waals surface area contributed by atoms with Gasteiger partial charge in [-0.1, -0.05) is 37.8 Å². The van der Waals surface area contributed by atoms with Gasteiger partial charge in [-0.3, -0.25) is 4.79 Å². The number of methoxy groups -OCH3 is 1. The summed E-state index contributed by atoms with van der Waals surface area (Å²) in [5, 5.41) is 8.56. The molecule has 3 aliphatic rings. The molecule has 2 saturated carbocycles. The first-order chi connectivity index (χ1) is 14.6. The highest BCUT2D eigenvalue weighted by molar-refractivity contribution is 5.89. The van der Waals surface area contributed by atoms with Gasteiger partial charge in [-0.25, -0.2) is 0 Å². The minimum Gasteiger partial charge on any atom is -0.497 e. The van der Waals surface area contributed by atoms with E-state index in [4.69, 9.17) is 4.74 Å². The van der Waals surface area contributed by atoms with Crippen molar-refractivity contribution in [1.29, 1.82) is 0 Å². The van der Waals surface area contributed by atoms with Crippen molar-refractivity contribution in [2.45, 2.75) is 62.7 Å². The Bertz CT molecular complexity index is 910. The lowest BCUT2D eigenvalue weighted by Gasteiger charge is -2.43. The number of ether oxygens (including phenoxy) is 1. The van der Waals surface area contributed by atoms with Crippen LogP contribution in [-0.2, 0) is 17.3 Å². The number of carbonyl (C=O) groups excluding carboxylic acids is 1. The van der Waals surface area contributed by atoms with Crippen LogP contribution in [0.25, 0.3) is 0 Å². The normalized spacial score (nSPS) is 24.6. The molecular weight excluding hydrogens is 376 g/mol. The molecule has 1 spiro atoms. The minimum absolute atomic E-state index is 0.187. The highest BCUT2D eigenvalue weighted by Gasteiger charge is 2.56. The second-order valence-corrected chi connectivity index (χ2v) is 9.63. The quantitative estimate of drug-likeness (QED) is 0.772. The van der Waals surface area contributed by atoms with Crippen LogP contribution in [0.3, 0.4) is 0 Å². The first-order valence-electron chi connectivity index (χ1n) is 11.4. The third-order valence-corrected chi connectivity index (χ3v) is 8.10. The maximum absolute atomic E-state index is 14.2. The lowest BCUT2D eigenvalue weighted by molar-refractivity contribution is -0.138. The van der Waals surface area contributed by atoms with Crippen LogP contribution >= 0.6 is 0 Å². The van der Waals surface area contributed by atoms with Crippen molar-refractivity contribution in [3.05, 3.63) is 42.0 Å². The van der Waals surface area contributed by atoms with Crippen molar-refractivity contribution in [3.8, 4) is 5.75 Å². The Hall–Kier alpha value is -2.37.